The summed E-state index contributed by atoms with van der Waals surface area (Å²) in [4.78, 5) is 4.24. The summed E-state index contributed by atoms with van der Waals surface area (Å²) in [6, 6.07) is 2.53. The fourth-order valence-electron chi connectivity index (χ4n) is 3.50. The van der Waals surface area contributed by atoms with Crippen molar-refractivity contribution in [1.82, 2.24) is 10.3 Å². The topological polar surface area (TPSA) is 34.1 Å². The van der Waals surface area contributed by atoms with Gasteiger partial charge in [0.15, 0.2) is 0 Å². The highest BCUT2D eigenvalue weighted by Gasteiger charge is 2.33. The average Bonchev–Trinajstić information content (AvgIpc) is 2.35. The summed E-state index contributed by atoms with van der Waals surface area (Å²) in [6.07, 6.45) is 7.59. The van der Waals surface area contributed by atoms with E-state index in [4.69, 9.17) is 4.74 Å². The van der Waals surface area contributed by atoms with E-state index in [1.165, 1.54) is 12.0 Å². The van der Waals surface area contributed by atoms with Crippen molar-refractivity contribution in [2.75, 3.05) is 0 Å². The molecule has 0 amide bonds. The molecule has 1 aromatic heterocycles. The fraction of sp³-hybridized carbons (Fsp3) is 0.722. The summed E-state index contributed by atoms with van der Waals surface area (Å²) in [5.41, 5.74) is 1.58. The zero-order valence-electron chi connectivity index (χ0n) is 14.1. The van der Waals surface area contributed by atoms with Gasteiger partial charge in [0.1, 0.15) is 5.75 Å². The molecule has 1 fully saturated rings. The van der Waals surface area contributed by atoms with E-state index in [0.29, 0.717) is 17.6 Å². The largest absolute Gasteiger partial charge is 0.488 e. The number of ether oxygens (including phenoxy) is 1. The average molecular weight is 290 g/mol. The highest BCUT2D eigenvalue weighted by atomic mass is 16.5. The first-order valence-electron chi connectivity index (χ1n) is 8.18. The van der Waals surface area contributed by atoms with E-state index in [9.17, 15) is 0 Å². The number of hydrogen-bond acceptors (Lipinski definition) is 3. The number of aromatic nitrogens is 1. The fourth-order valence-corrected chi connectivity index (χ4v) is 3.50. The summed E-state index contributed by atoms with van der Waals surface area (Å²) >= 11 is 0. The highest BCUT2D eigenvalue weighted by molar-refractivity contribution is 5.30. The van der Waals surface area contributed by atoms with Crippen LogP contribution in [0.5, 0.6) is 5.75 Å². The third-order valence-corrected chi connectivity index (χ3v) is 4.21. The van der Waals surface area contributed by atoms with Gasteiger partial charge in [-0.25, -0.2) is 0 Å². The standard InChI is InChI=1S/C18H30N2O/c1-13(2)20-11-15-6-7-19-12-17(15)21-16-8-14(3)9-18(4,5)10-16/h6-7,12-14,16,20H,8-11H2,1-5H3. The maximum atomic E-state index is 6.32. The number of rotatable bonds is 5. The van der Waals surface area contributed by atoms with E-state index in [-0.39, 0.29) is 0 Å². The highest BCUT2D eigenvalue weighted by Crippen LogP contribution is 2.40. The van der Waals surface area contributed by atoms with Crippen LogP contribution < -0.4 is 10.1 Å². The van der Waals surface area contributed by atoms with Crippen molar-refractivity contribution < 1.29 is 4.74 Å². The van der Waals surface area contributed by atoms with Crippen LogP contribution in [0.4, 0.5) is 0 Å². The quantitative estimate of drug-likeness (QED) is 0.883. The van der Waals surface area contributed by atoms with Gasteiger partial charge < -0.3 is 10.1 Å². The molecule has 0 spiro atoms. The van der Waals surface area contributed by atoms with Gasteiger partial charge in [-0.15, -0.1) is 0 Å². The molecule has 0 radical (unpaired) electrons. The molecule has 0 saturated heterocycles. The van der Waals surface area contributed by atoms with Crippen molar-refractivity contribution in [3.8, 4) is 5.75 Å². The lowest BCUT2D eigenvalue weighted by Crippen LogP contribution is -2.34. The van der Waals surface area contributed by atoms with Crippen molar-refractivity contribution in [2.45, 2.75) is 72.6 Å². The van der Waals surface area contributed by atoms with Crippen molar-refractivity contribution >= 4 is 0 Å². The van der Waals surface area contributed by atoms with E-state index in [0.717, 1.165) is 31.1 Å². The van der Waals surface area contributed by atoms with Crippen molar-refractivity contribution in [3.05, 3.63) is 24.0 Å². The lowest BCUT2D eigenvalue weighted by Gasteiger charge is -2.39. The Balaban J connectivity index is 2.05. The lowest BCUT2D eigenvalue weighted by atomic mass is 9.71. The van der Waals surface area contributed by atoms with Crippen molar-refractivity contribution in [2.24, 2.45) is 11.3 Å². The van der Waals surface area contributed by atoms with Gasteiger partial charge in [0.2, 0.25) is 0 Å². The van der Waals surface area contributed by atoms with Gasteiger partial charge in [-0.05, 0) is 36.7 Å². The molecule has 1 aromatic rings. The van der Waals surface area contributed by atoms with E-state index in [1.807, 2.05) is 12.4 Å². The van der Waals surface area contributed by atoms with E-state index in [2.05, 4.69) is 51.0 Å². The van der Waals surface area contributed by atoms with Crippen LogP contribution in [0.2, 0.25) is 0 Å². The van der Waals surface area contributed by atoms with E-state index >= 15 is 0 Å². The summed E-state index contributed by atoms with van der Waals surface area (Å²) in [6.45, 7) is 12.2. The third-order valence-electron chi connectivity index (χ3n) is 4.21. The number of nitrogens with zero attached hydrogens (tertiary/aromatic N) is 1. The molecular weight excluding hydrogens is 260 g/mol. The maximum absolute atomic E-state index is 6.32. The molecule has 1 aliphatic carbocycles. The first-order valence-corrected chi connectivity index (χ1v) is 8.18. The Hall–Kier alpha value is -1.09. The Morgan fingerprint density at radius 2 is 2.14 bits per heavy atom. The zero-order valence-corrected chi connectivity index (χ0v) is 14.1. The molecule has 3 nitrogen and oxygen atoms in total. The van der Waals surface area contributed by atoms with Gasteiger partial charge in [-0.1, -0.05) is 34.6 Å². The molecule has 0 bridgehead atoms. The predicted molar refractivity (Wildman–Crippen MR) is 87.4 cm³/mol. The molecule has 2 atom stereocenters. The summed E-state index contributed by atoms with van der Waals surface area (Å²) < 4.78 is 6.32. The predicted octanol–water partition coefficient (Wildman–Crippen LogP) is 4.17. The van der Waals surface area contributed by atoms with Crippen LogP contribution in [0.15, 0.2) is 18.5 Å². The minimum absolute atomic E-state index is 0.311. The van der Waals surface area contributed by atoms with Gasteiger partial charge in [-0.2, -0.15) is 0 Å². The molecule has 1 N–H and O–H groups in total. The molecule has 2 rings (SSSR count). The normalized spacial score (nSPS) is 25.0. The lowest BCUT2D eigenvalue weighted by molar-refractivity contribution is 0.0553. The molecule has 1 heterocycles. The van der Waals surface area contributed by atoms with Crippen LogP contribution in [-0.4, -0.2) is 17.1 Å². The molecule has 2 unspecified atom stereocenters. The van der Waals surface area contributed by atoms with Crippen molar-refractivity contribution in [1.29, 1.82) is 0 Å². The molecule has 1 aliphatic rings. The third kappa shape index (κ3) is 4.99. The first kappa shape index (κ1) is 16.3. The Bertz CT molecular complexity index is 456. The van der Waals surface area contributed by atoms with Crippen LogP contribution in [-0.2, 0) is 6.54 Å². The second-order valence-electron chi connectivity index (χ2n) is 7.67. The second-order valence-corrected chi connectivity index (χ2v) is 7.67. The Kier molecular flexibility index (Phi) is 5.26. The number of pyridine rings is 1. The molecule has 0 aromatic carbocycles. The van der Waals surface area contributed by atoms with Crippen LogP contribution in [0.1, 0.15) is 59.4 Å². The summed E-state index contributed by atoms with van der Waals surface area (Å²) in [5, 5.41) is 3.46. The van der Waals surface area contributed by atoms with Gasteiger partial charge in [0.05, 0.1) is 12.3 Å². The van der Waals surface area contributed by atoms with Gasteiger partial charge >= 0.3 is 0 Å². The van der Waals surface area contributed by atoms with Crippen LogP contribution in [0.25, 0.3) is 0 Å². The molecule has 3 heteroatoms. The maximum Gasteiger partial charge on any atom is 0.142 e. The zero-order chi connectivity index (χ0) is 15.5. The molecule has 118 valence electrons. The molecule has 0 aliphatic heterocycles. The minimum Gasteiger partial charge on any atom is -0.488 e. The van der Waals surface area contributed by atoms with Crippen LogP contribution in [0.3, 0.4) is 0 Å². The van der Waals surface area contributed by atoms with E-state index < -0.39 is 0 Å². The van der Waals surface area contributed by atoms with Crippen LogP contribution >= 0.6 is 0 Å². The molecule has 21 heavy (non-hydrogen) atoms. The number of nitrogens with one attached hydrogen (secondary N) is 1. The Labute approximate surface area is 129 Å². The number of hydrogen-bond donors (Lipinski definition) is 1. The monoisotopic (exact) mass is 290 g/mol. The van der Waals surface area contributed by atoms with Gasteiger partial charge in [0.25, 0.3) is 0 Å². The van der Waals surface area contributed by atoms with Crippen LogP contribution in [0, 0.1) is 11.3 Å². The smallest absolute Gasteiger partial charge is 0.142 e. The molecular formula is C18H30N2O. The van der Waals surface area contributed by atoms with Crippen molar-refractivity contribution in [3.63, 3.8) is 0 Å². The first-order chi connectivity index (χ1) is 9.85. The van der Waals surface area contributed by atoms with Gasteiger partial charge in [-0.3, -0.25) is 4.98 Å². The van der Waals surface area contributed by atoms with E-state index in [1.54, 1.807) is 0 Å². The molecule has 1 saturated carbocycles. The summed E-state index contributed by atoms with van der Waals surface area (Å²) in [7, 11) is 0. The Morgan fingerprint density at radius 3 is 2.81 bits per heavy atom. The SMILES string of the molecule is CC1CC(Oc2cnccc2CNC(C)C)CC(C)(C)C1. The van der Waals surface area contributed by atoms with Gasteiger partial charge in [0, 0.05) is 24.3 Å². The summed E-state index contributed by atoms with van der Waals surface area (Å²) in [5.74, 6) is 1.67. The Morgan fingerprint density at radius 1 is 1.38 bits per heavy atom. The minimum atomic E-state index is 0.311. The second kappa shape index (κ2) is 6.78.